The van der Waals surface area contributed by atoms with Crippen LogP contribution in [0, 0.1) is 12.7 Å². The molecule has 0 bridgehead atoms. The SMILES string of the molecule is CC(=O)C(Br)c1cc(F)ccc1C. The second-order valence-corrected chi connectivity index (χ2v) is 3.89. The van der Waals surface area contributed by atoms with Gasteiger partial charge in [0.25, 0.3) is 0 Å². The molecule has 0 aromatic heterocycles. The first kappa shape index (κ1) is 10.4. The maximum Gasteiger partial charge on any atom is 0.147 e. The molecule has 0 N–H and O–H groups in total. The molecule has 0 aliphatic carbocycles. The average Bonchev–Trinajstić information content (AvgIpc) is 2.08. The summed E-state index contributed by atoms with van der Waals surface area (Å²) in [5.74, 6) is -0.333. The molecule has 1 atom stereocenters. The predicted octanol–water partition coefficient (Wildman–Crippen LogP) is 3.16. The van der Waals surface area contributed by atoms with Gasteiger partial charge in [-0.15, -0.1) is 0 Å². The lowest BCUT2D eigenvalue weighted by molar-refractivity contribution is -0.116. The summed E-state index contributed by atoms with van der Waals surface area (Å²) in [4.78, 5) is 10.6. The summed E-state index contributed by atoms with van der Waals surface area (Å²) in [5.41, 5.74) is 1.62. The molecule has 0 heterocycles. The van der Waals surface area contributed by atoms with Gasteiger partial charge in [0.2, 0.25) is 0 Å². The van der Waals surface area contributed by atoms with Crippen molar-refractivity contribution in [3.05, 3.63) is 35.1 Å². The smallest absolute Gasteiger partial charge is 0.147 e. The van der Waals surface area contributed by atoms with E-state index in [1.807, 2.05) is 6.92 Å². The standard InChI is InChI=1S/C10H10BrFO/c1-6-3-4-8(12)5-9(6)10(11)7(2)13/h3-5,10H,1-2H3. The number of ketones is 1. The quantitative estimate of drug-likeness (QED) is 0.731. The molecule has 1 aromatic carbocycles. The summed E-state index contributed by atoms with van der Waals surface area (Å²) in [6.45, 7) is 3.33. The Balaban J connectivity index is 3.12. The van der Waals surface area contributed by atoms with Crippen LogP contribution in [-0.4, -0.2) is 5.78 Å². The number of alkyl halides is 1. The van der Waals surface area contributed by atoms with Crippen LogP contribution in [0.3, 0.4) is 0 Å². The molecule has 1 nitrogen and oxygen atoms in total. The van der Waals surface area contributed by atoms with Gasteiger partial charge in [0, 0.05) is 0 Å². The normalized spacial score (nSPS) is 12.6. The predicted molar refractivity (Wildman–Crippen MR) is 53.5 cm³/mol. The molecule has 0 aliphatic rings. The van der Waals surface area contributed by atoms with Crippen molar-refractivity contribution in [1.82, 2.24) is 0 Å². The van der Waals surface area contributed by atoms with E-state index in [0.29, 0.717) is 5.56 Å². The van der Waals surface area contributed by atoms with Gasteiger partial charge in [-0.05, 0) is 37.1 Å². The summed E-state index contributed by atoms with van der Waals surface area (Å²) in [5, 5.41) is 0. The Morgan fingerprint density at radius 1 is 1.54 bits per heavy atom. The van der Waals surface area contributed by atoms with Crippen molar-refractivity contribution in [2.75, 3.05) is 0 Å². The topological polar surface area (TPSA) is 17.1 Å². The van der Waals surface area contributed by atoms with E-state index in [9.17, 15) is 9.18 Å². The number of Topliss-reactive ketones (excluding diaryl/α,β-unsaturated/α-hetero) is 1. The van der Waals surface area contributed by atoms with Crippen LogP contribution < -0.4 is 0 Å². The van der Waals surface area contributed by atoms with Crippen LogP contribution in [-0.2, 0) is 4.79 Å². The maximum atomic E-state index is 12.8. The van der Waals surface area contributed by atoms with Gasteiger partial charge in [-0.1, -0.05) is 22.0 Å². The summed E-state index contributed by atoms with van der Waals surface area (Å²) in [6.07, 6.45) is 0. The molecule has 0 fully saturated rings. The first-order valence-electron chi connectivity index (χ1n) is 3.93. The molecule has 0 radical (unpaired) electrons. The van der Waals surface area contributed by atoms with Crippen LogP contribution in [0.4, 0.5) is 4.39 Å². The molecule has 1 rings (SSSR count). The van der Waals surface area contributed by atoms with E-state index in [1.54, 1.807) is 6.07 Å². The minimum atomic E-state index is -0.400. The fourth-order valence-electron chi connectivity index (χ4n) is 1.10. The Labute approximate surface area is 85.1 Å². The zero-order valence-corrected chi connectivity index (χ0v) is 9.06. The van der Waals surface area contributed by atoms with Crippen molar-refractivity contribution in [3.8, 4) is 0 Å². The number of aryl methyl sites for hydroxylation is 1. The molecule has 0 saturated heterocycles. The maximum absolute atomic E-state index is 12.8. The lowest BCUT2D eigenvalue weighted by atomic mass is 10.0. The zero-order chi connectivity index (χ0) is 10.0. The second kappa shape index (κ2) is 4.01. The van der Waals surface area contributed by atoms with Crippen molar-refractivity contribution >= 4 is 21.7 Å². The van der Waals surface area contributed by atoms with Gasteiger partial charge in [0.15, 0.2) is 0 Å². The van der Waals surface area contributed by atoms with Crippen LogP contribution >= 0.6 is 15.9 Å². The van der Waals surface area contributed by atoms with E-state index in [-0.39, 0.29) is 11.6 Å². The largest absolute Gasteiger partial charge is 0.298 e. The Hall–Kier alpha value is -0.700. The van der Waals surface area contributed by atoms with Crippen molar-refractivity contribution < 1.29 is 9.18 Å². The van der Waals surface area contributed by atoms with Gasteiger partial charge in [-0.25, -0.2) is 4.39 Å². The molecule has 13 heavy (non-hydrogen) atoms. The third-order valence-corrected chi connectivity index (χ3v) is 3.01. The van der Waals surface area contributed by atoms with Gasteiger partial charge in [0.05, 0.1) is 4.83 Å². The van der Waals surface area contributed by atoms with Crippen LogP contribution in [0.1, 0.15) is 22.9 Å². The number of rotatable bonds is 2. The lowest BCUT2D eigenvalue weighted by Crippen LogP contribution is -2.03. The summed E-state index contributed by atoms with van der Waals surface area (Å²) in [6, 6.07) is 4.44. The average molecular weight is 245 g/mol. The van der Waals surface area contributed by atoms with Crippen LogP contribution in [0.25, 0.3) is 0 Å². The molecule has 0 aliphatic heterocycles. The summed E-state index contributed by atoms with van der Waals surface area (Å²) >= 11 is 3.22. The molecule has 1 aromatic rings. The number of carbonyl (C=O) groups is 1. The Morgan fingerprint density at radius 3 is 2.69 bits per heavy atom. The Bertz CT molecular complexity index is 336. The van der Waals surface area contributed by atoms with E-state index in [4.69, 9.17) is 0 Å². The monoisotopic (exact) mass is 244 g/mol. The summed E-state index contributed by atoms with van der Waals surface area (Å²) < 4.78 is 12.8. The van der Waals surface area contributed by atoms with Gasteiger partial charge < -0.3 is 0 Å². The minimum absolute atomic E-state index is 0.0197. The van der Waals surface area contributed by atoms with Gasteiger partial charge in [-0.2, -0.15) is 0 Å². The number of carbonyl (C=O) groups excluding carboxylic acids is 1. The Kier molecular flexibility index (Phi) is 3.20. The molecule has 70 valence electrons. The van der Waals surface area contributed by atoms with E-state index in [0.717, 1.165) is 5.56 Å². The van der Waals surface area contributed by atoms with Gasteiger partial charge in [0.1, 0.15) is 11.6 Å². The van der Waals surface area contributed by atoms with E-state index in [1.165, 1.54) is 19.1 Å². The molecule has 0 spiro atoms. The molecule has 1 unspecified atom stereocenters. The van der Waals surface area contributed by atoms with Crippen LogP contribution in [0.2, 0.25) is 0 Å². The lowest BCUT2D eigenvalue weighted by Gasteiger charge is -2.09. The highest BCUT2D eigenvalue weighted by Gasteiger charge is 2.15. The third kappa shape index (κ3) is 2.37. The van der Waals surface area contributed by atoms with E-state index in [2.05, 4.69) is 15.9 Å². The van der Waals surface area contributed by atoms with Crippen LogP contribution in [0.5, 0.6) is 0 Å². The van der Waals surface area contributed by atoms with Crippen molar-refractivity contribution in [1.29, 1.82) is 0 Å². The highest BCUT2D eigenvalue weighted by atomic mass is 79.9. The number of benzene rings is 1. The fourth-order valence-corrected chi connectivity index (χ4v) is 1.60. The molecule has 3 heteroatoms. The fraction of sp³-hybridized carbons (Fsp3) is 0.300. The first-order valence-corrected chi connectivity index (χ1v) is 4.84. The highest BCUT2D eigenvalue weighted by molar-refractivity contribution is 9.09. The van der Waals surface area contributed by atoms with Crippen LogP contribution in [0.15, 0.2) is 18.2 Å². The first-order chi connectivity index (χ1) is 6.02. The van der Waals surface area contributed by atoms with Crippen molar-refractivity contribution in [3.63, 3.8) is 0 Å². The minimum Gasteiger partial charge on any atom is -0.298 e. The number of halogens is 2. The second-order valence-electron chi connectivity index (χ2n) is 2.97. The van der Waals surface area contributed by atoms with Crippen molar-refractivity contribution in [2.24, 2.45) is 0 Å². The molecular weight excluding hydrogens is 235 g/mol. The molecular formula is C10H10BrFO. The van der Waals surface area contributed by atoms with Gasteiger partial charge in [-0.3, -0.25) is 4.79 Å². The van der Waals surface area contributed by atoms with E-state index < -0.39 is 4.83 Å². The molecule has 0 amide bonds. The third-order valence-electron chi connectivity index (χ3n) is 1.87. The summed E-state index contributed by atoms with van der Waals surface area (Å²) in [7, 11) is 0. The number of hydrogen-bond donors (Lipinski definition) is 0. The zero-order valence-electron chi connectivity index (χ0n) is 7.47. The van der Waals surface area contributed by atoms with Crippen molar-refractivity contribution in [2.45, 2.75) is 18.7 Å². The van der Waals surface area contributed by atoms with E-state index >= 15 is 0 Å². The number of hydrogen-bond acceptors (Lipinski definition) is 1. The Morgan fingerprint density at radius 2 is 2.15 bits per heavy atom. The van der Waals surface area contributed by atoms with Gasteiger partial charge >= 0.3 is 0 Å². The highest BCUT2D eigenvalue weighted by Crippen LogP contribution is 2.27. The molecule has 0 saturated carbocycles.